The van der Waals surface area contributed by atoms with Gasteiger partial charge in [-0.15, -0.1) is 0 Å². The number of primary amides is 1. The maximum Gasteiger partial charge on any atom is 0.243 e. The highest BCUT2D eigenvalue weighted by atomic mass is 32.2. The van der Waals surface area contributed by atoms with Crippen molar-refractivity contribution in [2.45, 2.75) is 13.8 Å². The third-order valence-electron chi connectivity index (χ3n) is 2.86. The molecule has 2 rings (SSSR count). The van der Waals surface area contributed by atoms with Crippen molar-refractivity contribution in [3.05, 3.63) is 35.9 Å². The highest BCUT2D eigenvalue weighted by Gasteiger charge is 2.29. The molecule has 7 heteroatoms. The fourth-order valence-corrected chi connectivity index (χ4v) is 3.13. The Balaban J connectivity index is 2.25. The van der Waals surface area contributed by atoms with Gasteiger partial charge < -0.3 is 11.1 Å². The van der Waals surface area contributed by atoms with Crippen LogP contribution in [0.4, 0.5) is 5.69 Å². The molecule has 0 saturated heterocycles. The molecule has 22 heavy (non-hydrogen) atoms. The lowest BCUT2D eigenvalue weighted by atomic mass is 10.1. The summed E-state index contributed by atoms with van der Waals surface area (Å²) in [6.07, 6.45) is 1.70. The van der Waals surface area contributed by atoms with E-state index in [4.69, 9.17) is 5.73 Å². The SMILES string of the molecule is CC(=O)N=C1SC(c2ccc(NC(C)=O)cc2)=CC1C(N)=O. The lowest BCUT2D eigenvalue weighted by Gasteiger charge is -2.05. The fourth-order valence-electron chi connectivity index (χ4n) is 1.96. The molecule has 1 heterocycles. The van der Waals surface area contributed by atoms with Gasteiger partial charge in [0.1, 0.15) is 5.92 Å². The number of aliphatic imine (C=N–C) groups is 1. The highest BCUT2D eigenvalue weighted by Crippen LogP contribution is 2.39. The van der Waals surface area contributed by atoms with Crippen molar-refractivity contribution in [3.8, 4) is 0 Å². The van der Waals surface area contributed by atoms with E-state index in [2.05, 4.69) is 10.3 Å². The van der Waals surface area contributed by atoms with Crippen LogP contribution in [-0.2, 0) is 14.4 Å². The third-order valence-corrected chi connectivity index (χ3v) is 4.01. The zero-order chi connectivity index (χ0) is 16.3. The quantitative estimate of drug-likeness (QED) is 0.887. The predicted molar refractivity (Wildman–Crippen MR) is 87.1 cm³/mol. The molecule has 0 aliphatic carbocycles. The summed E-state index contributed by atoms with van der Waals surface area (Å²) in [6, 6.07) is 7.16. The van der Waals surface area contributed by atoms with E-state index in [1.807, 2.05) is 12.1 Å². The molecule has 1 atom stereocenters. The molecule has 3 N–H and O–H groups in total. The van der Waals surface area contributed by atoms with Crippen LogP contribution in [-0.4, -0.2) is 22.8 Å². The molecule has 0 aromatic heterocycles. The highest BCUT2D eigenvalue weighted by molar-refractivity contribution is 8.22. The summed E-state index contributed by atoms with van der Waals surface area (Å²) in [5.41, 5.74) is 6.89. The molecule has 0 spiro atoms. The Morgan fingerprint density at radius 3 is 2.32 bits per heavy atom. The molecule has 3 amide bonds. The van der Waals surface area contributed by atoms with Crippen LogP contribution < -0.4 is 11.1 Å². The molecule has 1 aromatic carbocycles. The van der Waals surface area contributed by atoms with E-state index >= 15 is 0 Å². The lowest BCUT2D eigenvalue weighted by molar-refractivity contribution is -0.118. The Bertz CT molecular complexity index is 692. The van der Waals surface area contributed by atoms with Gasteiger partial charge in [-0.3, -0.25) is 14.4 Å². The van der Waals surface area contributed by atoms with Crippen LogP contribution in [0.5, 0.6) is 0 Å². The second-order valence-corrected chi connectivity index (χ2v) is 5.80. The van der Waals surface area contributed by atoms with Gasteiger partial charge in [0.15, 0.2) is 0 Å². The van der Waals surface area contributed by atoms with Crippen molar-refractivity contribution in [1.29, 1.82) is 0 Å². The number of anilines is 1. The summed E-state index contributed by atoms with van der Waals surface area (Å²) < 4.78 is 0. The Morgan fingerprint density at radius 2 is 1.82 bits per heavy atom. The van der Waals surface area contributed by atoms with Gasteiger partial charge in [0.2, 0.25) is 17.7 Å². The van der Waals surface area contributed by atoms with Crippen molar-refractivity contribution in [1.82, 2.24) is 0 Å². The predicted octanol–water partition coefficient (Wildman–Crippen LogP) is 1.78. The van der Waals surface area contributed by atoms with E-state index in [0.717, 1.165) is 10.5 Å². The van der Waals surface area contributed by atoms with Crippen molar-refractivity contribution in [3.63, 3.8) is 0 Å². The van der Waals surface area contributed by atoms with Crippen LogP contribution >= 0.6 is 11.8 Å². The monoisotopic (exact) mass is 317 g/mol. The van der Waals surface area contributed by atoms with Crippen molar-refractivity contribution in [2.24, 2.45) is 16.6 Å². The van der Waals surface area contributed by atoms with Gasteiger partial charge in [0.05, 0.1) is 5.04 Å². The molecule has 1 aromatic rings. The average molecular weight is 317 g/mol. The Labute approximate surface area is 131 Å². The number of amides is 3. The first-order valence-electron chi connectivity index (χ1n) is 6.53. The van der Waals surface area contributed by atoms with Crippen molar-refractivity contribution >= 4 is 45.1 Å². The Kier molecular flexibility index (Phi) is 4.77. The number of nitrogens with two attached hydrogens (primary N) is 1. The molecular weight excluding hydrogens is 302 g/mol. The number of carbonyl (C=O) groups excluding carboxylic acids is 3. The number of thioether (sulfide) groups is 1. The van der Waals surface area contributed by atoms with E-state index in [9.17, 15) is 14.4 Å². The van der Waals surface area contributed by atoms with E-state index in [-0.39, 0.29) is 11.8 Å². The van der Waals surface area contributed by atoms with Gasteiger partial charge in [-0.25, -0.2) is 4.99 Å². The maximum atomic E-state index is 11.5. The van der Waals surface area contributed by atoms with Crippen LogP contribution in [0.1, 0.15) is 19.4 Å². The van der Waals surface area contributed by atoms with E-state index < -0.39 is 11.8 Å². The lowest BCUT2D eigenvalue weighted by Crippen LogP contribution is -2.25. The largest absolute Gasteiger partial charge is 0.369 e. The molecule has 1 aliphatic heterocycles. The van der Waals surface area contributed by atoms with E-state index in [1.54, 1.807) is 18.2 Å². The zero-order valence-corrected chi connectivity index (χ0v) is 12.9. The number of hydrogen-bond donors (Lipinski definition) is 2. The second-order valence-electron chi connectivity index (χ2n) is 4.74. The van der Waals surface area contributed by atoms with Crippen LogP contribution in [0.3, 0.4) is 0 Å². The van der Waals surface area contributed by atoms with Gasteiger partial charge >= 0.3 is 0 Å². The normalized spacial score (nSPS) is 18.9. The molecule has 114 valence electrons. The smallest absolute Gasteiger partial charge is 0.243 e. The minimum atomic E-state index is -0.682. The van der Waals surface area contributed by atoms with Gasteiger partial charge in [-0.2, -0.15) is 0 Å². The summed E-state index contributed by atoms with van der Waals surface area (Å²) in [5.74, 6) is -1.74. The standard InChI is InChI=1S/C15H15N3O3S/c1-8(19)17-11-5-3-10(4-6-11)13-7-12(14(16)21)15(22-13)18-9(2)20/h3-7,12H,1-2H3,(H2,16,21)(H,17,19). The summed E-state index contributed by atoms with van der Waals surface area (Å²) >= 11 is 1.25. The topological polar surface area (TPSA) is 102 Å². The number of carbonyl (C=O) groups is 3. The van der Waals surface area contributed by atoms with Crippen molar-refractivity contribution in [2.75, 3.05) is 5.32 Å². The van der Waals surface area contributed by atoms with Gasteiger partial charge in [-0.1, -0.05) is 30.0 Å². The molecule has 1 aliphatic rings. The van der Waals surface area contributed by atoms with E-state index in [1.165, 1.54) is 25.6 Å². The molecule has 0 radical (unpaired) electrons. The number of rotatable bonds is 3. The summed E-state index contributed by atoms with van der Waals surface area (Å²) in [5, 5.41) is 3.07. The maximum absolute atomic E-state index is 11.5. The molecular formula is C15H15N3O3S. The minimum Gasteiger partial charge on any atom is -0.369 e. The molecule has 6 nitrogen and oxygen atoms in total. The van der Waals surface area contributed by atoms with Crippen LogP contribution in [0.15, 0.2) is 35.3 Å². The van der Waals surface area contributed by atoms with E-state index in [0.29, 0.717) is 10.7 Å². The second kappa shape index (κ2) is 6.57. The van der Waals surface area contributed by atoms with Crippen LogP contribution in [0.2, 0.25) is 0 Å². The van der Waals surface area contributed by atoms with Gasteiger partial charge in [-0.05, 0) is 17.7 Å². The molecule has 1 unspecified atom stereocenters. The summed E-state index contributed by atoms with van der Waals surface area (Å²) in [6.45, 7) is 2.76. The Hall–Kier alpha value is -2.41. The first-order valence-corrected chi connectivity index (χ1v) is 7.34. The number of hydrogen-bond acceptors (Lipinski definition) is 4. The fraction of sp³-hybridized carbons (Fsp3) is 0.200. The van der Waals surface area contributed by atoms with Crippen molar-refractivity contribution < 1.29 is 14.4 Å². The zero-order valence-electron chi connectivity index (χ0n) is 12.1. The summed E-state index contributed by atoms with van der Waals surface area (Å²) in [4.78, 5) is 38.3. The number of nitrogens with one attached hydrogen (secondary N) is 1. The molecule has 0 saturated carbocycles. The number of nitrogens with zero attached hydrogens (tertiary/aromatic N) is 1. The molecule has 0 bridgehead atoms. The number of benzene rings is 1. The van der Waals surface area contributed by atoms with Gasteiger partial charge in [0, 0.05) is 24.4 Å². The average Bonchev–Trinajstić information content (AvgIpc) is 2.82. The Morgan fingerprint density at radius 1 is 1.18 bits per heavy atom. The molecule has 0 fully saturated rings. The first kappa shape index (κ1) is 16.0. The first-order chi connectivity index (χ1) is 10.4. The summed E-state index contributed by atoms with van der Waals surface area (Å²) in [7, 11) is 0. The third kappa shape index (κ3) is 3.82. The van der Waals surface area contributed by atoms with Crippen LogP contribution in [0, 0.1) is 5.92 Å². The minimum absolute atomic E-state index is 0.146. The van der Waals surface area contributed by atoms with Gasteiger partial charge in [0.25, 0.3) is 0 Å². The van der Waals surface area contributed by atoms with Crippen LogP contribution in [0.25, 0.3) is 4.91 Å².